The minimum absolute atomic E-state index is 0.727. The molecule has 0 aliphatic heterocycles. The minimum Gasteiger partial charge on any atom is -0.478 e. The molecule has 0 bridgehead atoms. The van der Waals surface area contributed by atoms with Gasteiger partial charge in [0.2, 0.25) is 0 Å². The highest BCUT2D eigenvalue weighted by molar-refractivity contribution is 5.79. The van der Waals surface area contributed by atoms with E-state index in [1.165, 1.54) is 31.9 Å². The van der Waals surface area contributed by atoms with Gasteiger partial charge in [0.1, 0.15) is 0 Å². The fourth-order valence-electron chi connectivity index (χ4n) is 1.90. The Kier molecular flexibility index (Phi) is 4.50. The maximum atomic E-state index is 10.2. The third-order valence-corrected chi connectivity index (χ3v) is 2.89. The van der Waals surface area contributed by atoms with Crippen LogP contribution < -0.4 is 5.32 Å². The second kappa shape index (κ2) is 5.68. The molecule has 1 aliphatic carbocycles. The highest BCUT2D eigenvalue weighted by atomic mass is 16.4. The summed E-state index contributed by atoms with van der Waals surface area (Å²) in [5.41, 5.74) is 0. The topological polar surface area (TPSA) is 49.3 Å². The van der Waals surface area contributed by atoms with Crippen LogP contribution in [0, 0.1) is 11.8 Å². The third-order valence-electron chi connectivity index (χ3n) is 2.89. The van der Waals surface area contributed by atoms with Gasteiger partial charge in [-0.2, -0.15) is 0 Å². The summed E-state index contributed by atoms with van der Waals surface area (Å²) in [6, 6.07) is 0. The summed E-state index contributed by atoms with van der Waals surface area (Å²) < 4.78 is 0. The monoisotopic (exact) mass is 197 g/mol. The van der Waals surface area contributed by atoms with Gasteiger partial charge in [-0.15, -0.1) is 0 Å². The molecule has 0 heterocycles. The predicted molar refractivity (Wildman–Crippen MR) is 55.9 cm³/mol. The molecule has 1 fully saturated rings. The fourth-order valence-corrected chi connectivity index (χ4v) is 1.90. The Balaban J connectivity index is 2.10. The van der Waals surface area contributed by atoms with Crippen molar-refractivity contribution in [3.63, 3.8) is 0 Å². The lowest BCUT2D eigenvalue weighted by Gasteiger charge is -2.25. The molecule has 0 saturated heterocycles. The summed E-state index contributed by atoms with van der Waals surface area (Å²) in [6.07, 6.45) is 7.85. The van der Waals surface area contributed by atoms with Gasteiger partial charge in [-0.3, -0.25) is 0 Å². The van der Waals surface area contributed by atoms with Gasteiger partial charge in [-0.1, -0.05) is 19.8 Å². The van der Waals surface area contributed by atoms with Crippen LogP contribution in [0.1, 0.15) is 32.6 Å². The van der Waals surface area contributed by atoms with Crippen molar-refractivity contribution in [2.75, 3.05) is 6.54 Å². The molecule has 1 rings (SSSR count). The Hall–Kier alpha value is -0.990. The van der Waals surface area contributed by atoms with Crippen LogP contribution in [0.5, 0.6) is 0 Å². The summed E-state index contributed by atoms with van der Waals surface area (Å²) in [7, 11) is 0. The van der Waals surface area contributed by atoms with Crippen LogP contribution >= 0.6 is 0 Å². The van der Waals surface area contributed by atoms with Crippen molar-refractivity contribution in [1.82, 2.24) is 5.32 Å². The number of rotatable bonds is 4. The molecule has 0 aromatic heterocycles. The molecule has 80 valence electrons. The summed E-state index contributed by atoms with van der Waals surface area (Å²) in [5, 5.41) is 11.4. The highest BCUT2D eigenvalue weighted by Crippen LogP contribution is 2.27. The normalized spacial score (nSPS) is 27.8. The lowest BCUT2D eigenvalue weighted by atomic mass is 9.83. The molecule has 0 unspecified atom stereocenters. The van der Waals surface area contributed by atoms with E-state index in [9.17, 15) is 4.79 Å². The molecule has 1 saturated carbocycles. The van der Waals surface area contributed by atoms with Crippen molar-refractivity contribution < 1.29 is 9.90 Å². The molecule has 14 heavy (non-hydrogen) atoms. The molecule has 2 N–H and O–H groups in total. The van der Waals surface area contributed by atoms with Gasteiger partial charge >= 0.3 is 5.97 Å². The zero-order chi connectivity index (χ0) is 10.4. The molecule has 0 aromatic carbocycles. The van der Waals surface area contributed by atoms with Crippen LogP contribution in [0.3, 0.4) is 0 Å². The van der Waals surface area contributed by atoms with E-state index in [1.807, 2.05) is 0 Å². The first kappa shape index (κ1) is 11.1. The van der Waals surface area contributed by atoms with E-state index in [4.69, 9.17) is 5.11 Å². The zero-order valence-corrected chi connectivity index (χ0v) is 8.70. The predicted octanol–water partition coefficient (Wildman–Crippen LogP) is 2.00. The largest absolute Gasteiger partial charge is 0.478 e. The average molecular weight is 197 g/mol. The molecule has 0 amide bonds. The van der Waals surface area contributed by atoms with Crippen LogP contribution in [0.4, 0.5) is 0 Å². The van der Waals surface area contributed by atoms with E-state index in [0.29, 0.717) is 0 Å². The summed E-state index contributed by atoms with van der Waals surface area (Å²) in [5.74, 6) is 0.709. The first-order chi connectivity index (χ1) is 6.68. The first-order valence-electron chi connectivity index (χ1n) is 5.31. The van der Waals surface area contributed by atoms with Crippen molar-refractivity contribution >= 4 is 5.97 Å². The Morgan fingerprint density at radius 3 is 2.64 bits per heavy atom. The van der Waals surface area contributed by atoms with E-state index < -0.39 is 5.97 Å². The number of hydrogen-bond donors (Lipinski definition) is 2. The van der Waals surface area contributed by atoms with E-state index in [2.05, 4.69) is 12.2 Å². The average Bonchev–Trinajstić information content (AvgIpc) is 2.15. The third kappa shape index (κ3) is 4.30. The first-order valence-corrected chi connectivity index (χ1v) is 5.31. The Labute approximate surface area is 85.2 Å². The van der Waals surface area contributed by atoms with Gasteiger partial charge in [0.25, 0.3) is 0 Å². The molecule has 1 aliphatic rings. The van der Waals surface area contributed by atoms with Crippen LogP contribution in [-0.4, -0.2) is 17.6 Å². The Morgan fingerprint density at radius 1 is 1.43 bits per heavy atom. The lowest BCUT2D eigenvalue weighted by molar-refractivity contribution is -0.131. The fraction of sp³-hybridized carbons (Fsp3) is 0.727. The van der Waals surface area contributed by atoms with E-state index >= 15 is 0 Å². The van der Waals surface area contributed by atoms with Crippen molar-refractivity contribution in [1.29, 1.82) is 0 Å². The zero-order valence-electron chi connectivity index (χ0n) is 8.70. The van der Waals surface area contributed by atoms with Gasteiger partial charge in [-0.25, -0.2) is 4.79 Å². The molecule has 0 spiro atoms. The number of carbonyl (C=O) groups is 1. The van der Waals surface area contributed by atoms with Gasteiger partial charge < -0.3 is 10.4 Å². The van der Waals surface area contributed by atoms with Gasteiger partial charge in [0.05, 0.1) is 0 Å². The summed E-state index contributed by atoms with van der Waals surface area (Å²) >= 11 is 0. The second-order valence-electron chi connectivity index (χ2n) is 4.21. The standard InChI is InChI=1S/C11H19NO2/c1-9-2-4-10(5-3-9)8-12-7-6-11(13)14/h6-7,9-10,12H,2-5,8H2,1H3,(H,13,14)/b7-6+. The maximum absolute atomic E-state index is 10.2. The summed E-state index contributed by atoms with van der Waals surface area (Å²) in [6.45, 7) is 3.21. The highest BCUT2D eigenvalue weighted by Gasteiger charge is 2.17. The van der Waals surface area contributed by atoms with Gasteiger partial charge in [0, 0.05) is 18.8 Å². The Bertz CT molecular complexity index is 205. The van der Waals surface area contributed by atoms with Crippen molar-refractivity contribution in [3.05, 3.63) is 12.3 Å². The van der Waals surface area contributed by atoms with Crippen molar-refractivity contribution in [2.45, 2.75) is 32.6 Å². The van der Waals surface area contributed by atoms with Crippen molar-refractivity contribution in [3.8, 4) is 0 Å². The van der Waals surface area contributed by atoms with E-state index in [-0.39, 0.29) is 0 Å². The molecular weight excluding hydrogens is 178 g/mol. The molecule has 0 radical (unpaired) electrons. The maximum Gasteiger partial charge on any atom is 0.329 e. The van der Waals surface area contributed by atoms with Crippen molar-refractivity contribution in [2.24, 2.45) is 11.8 Å². The van der Waals surface area contributed by atoms with Gasteiger partial charge in [-0.05, 0) is 24.7 Å². The molecule has 3 nitrogen and oxygen atoms in total. The Morgan fingerprint density at radius 2 is 2.07 bits per heavy atom. The number of aliphatic carboxylic acids is 1. The smallest absolute Gasteiger partial charge is 0.329 e. The number of carboxylic acids is 1. The molecule has 3 heteroatoms. The van der Waals surface area contributed by atoms with Crippen LogP contribution in [0.25, 0.3) is 0 Å². The van der Waals surface area contributed by atoms with E-state index in [0.717, 1.165) is 24.5 Å². The van der Waals surface area contributed by atoms with E-state index in [1.54, 1.807) is 0 Å². The number of carboxylic acid groups (broad SMARTS) is 1. The van der Waals surface area contributed by atoms with Crippen LogP contribution in [-0.2, 0) is 4.79 Å². The lowest BCUT2D eigenvalue weighted by Crippen LogP contribution is -2.22. The summed E-state index contributed by atoms with van der Waals surface area (Å²) in [4.78, 5) is 10.2. The van der Waals surface area contributed by atoms with Crippen LogP contribution in [0.2, 0.25) is 0 Å². The van der Waals surface area contributed by atoms with Gasteiger partial charge in [0.15, 0.2) is 0 Å². The molecule has 0 atom stereocenters. The SMILES string of the molecule is CC1CCC(CN/C=C/C(=O)O)CC1. The quantitative estimate of drug-likeness (QED) is 0.678. The minimum atomic E-state index is -0.894. The number of nitrogens with one attached hydrogen (secondary N) is 1. The molecule has 0 aromatic rings. The van der Waals surface area contributed by atoms with Crippen LogP contribution in [0.15, 0.2) is 12.3 Å². The second-order valence-corrected chi connectivity index (χ2v) is 4.21. The number of hydrogen-bond acceptors (Lipinski definition) is 2. The molecular formula is C11H19NO2.